The fourth-order valence-electron chi connectivity index (χ4n) is 3.55. The first-order valence-electron chi connectivity index (χ1n) is 9.94. The standard InChI is InChI=1S/C23H28N2O5/c1-14(15-7-9-17(10-8-15)16-5-3-2-4-6-16)11-12-24-23(30)19-21(28)22(29)20(27)18(13-26)25-19/h2-11,18-22,25-29H,12-13H2,1H3,(H,24,30)/b14-11+/t18-,19+,20-,21-,22+/m1/s1. The number of carbonyl (C=O) groups is 1. The third-order valence-electron chi connectivity index (χ3n) is 5.46. The van der Waals surface area contributed by atoms with Crippen molar-refractivity contribution < 1.29 is 25.2 Å². The van der Waals surface area contributed by atoms with Crippen molar-refractivity contribution in [2.45, 2.75) is 37.3 Å². The van der Waals surface area contributed by atoms with Crippen LogP contribution >= 0.6 is 0 Å². The van der Waals surface area contributed by atoms with Crippen molar-refractivity contribution >= 4 is 11.5 Å². The lowest BCUT2D eigenvalue weighted by Gasteiger charge is -2.40. The third-order valence-corrected chi connectivity index (χ3v) is 5.46. The first-order chi connectivity index (χ1) is 14.4. The van der Waals surface area contributed by atoms with E-state index < -0.39 is 42.9 Å². The van der Waals surface area contributed by atoms with E-state index in [1.807, 2.05) is 55.5 Å². The summed E-state index contributed by atoms with van der Waals surface area (Å²) in [4.78, 5) is 12.4. The van der Waals surface area contributed by atoms with Crippen molar-refractivity contribution in [1.29, 1.82) is 0 Å². The summed E-state index contributed by atoms with van der Waals surface area (Å²) in [6.45, 7) is 1.71. The minimum absolute atomic E-state index is 0.235. The van der Waals surface area contributed by atoms with E-state index in [-0.39, 0.29) is 6.54 Å². The maximum Gasteiger partial charge on any atom is 0.240 e. The molecule has 0 aliphatic carbocycles. The molecule has 7 nitrogen and oxygen atoms in total. The van der Waals surface area contributed by atoms with Gasteiger partial charge in [0.2, 0.25) is 5.91 Å². The predicted molar refractivity (Wildman–Crippen MR) is 114 cm³/mol. The number of amides is 1. The van der Waals surface area contributed by atoms with Crippen molar-refractivity contribution in [2.24, 2.45) is 0 Å². The van der Waals surface area contributed by atoms with Gasteiger partial charge in [-0.05, 0) is 29.2 Å². The first kappa shape index (κ1) is 22.1. The molecule has 0 radical (unpaired) electrons. The summed E-state index contributed by atoms with van der Waals surface area (Å²) in [5, 5.41) is 44.4. The monoisotopic (exact) mass is 412 g/mol. The molecule has 2 aromatic carbocycles. The third kappa shape index (κ3) is 4.95. The number of hydrogen-bond acceptors (Lipinski definition) is 6. The summed E-state index contributed by atoms with van der Waals surface area (Å²) < 4.78 is 0. The predicted octanol–water partition coefficient (Wildman–Crippen LogP) is 0.289. The van der Waals surface area contributed by atoms with Gasteiger partial charge in [-0.2, -0.15) is 0 Å². The highest BCUT2D eigenvalue weighted by Gasteiger charge is 2.44. The van der Waals surface area contributed by atoms with Gasteiger partial charge in [0.1, 0.15) is 24.4 Å². The van der Waals surface area contributed by atoms with Gasteiger partial charge in [0.15, 0.2) is 0 Å². The number of hydrogen-bond donors (Lipinski definition) is 6. The van der Waals surface area contributed by atoms with E-state index in [0.717, 1.165) is 22.3 Å². The number of aliphatic hydroxyl groups excluding tert-OH is 4. The number of nitrogens with one attached hydrogen (secondary N) is 2. The Hall–Kier alpha value is -2.55. The molecule has 0 bridgehead atoms. The number of rotatable bonds is 6. The highest BCUT2D eigenvalue weighted by molar-refractivity contribution is 5.83. The van der Waals surface area contributed by atoms with Crippen LogP contribution in [0.5, 0.6) is 0 Å². The molecule has 3 rings (SSSR count). The van der Waals surface area contributed by atoms with Crippen LogP contribution in [0.3, 0.4) is 0 Å². The molecular formula is C23H28N2O5. The summed E-state index contributed by atoms with van der Waals surface area (Å²) in [7, 11) is 0. The lowest BCUT2D eigenvalue weighted by molar-refractivity contribution is -0.145. The quantitative estimate of drug-likeness (QED) is 0.406. The maximum absolute atomic E-state index is 12.4. The van der Waals surface area contributed by atoms with Crippen LogP contribution < -0.4 is 10.6 Å². The summed E-state index contributed by atoms with van der Waals surface area (Å²) in [5.41, 5.74) is 4.27. The number of allylic oxidation sites excluding steroid dienone is 1. The van der Waals surface area contributed by atoms with E-state index in [1.54, 1.807) is 0 Å². The molecule has 5 atom stereocenters. The Bertz CT molecular complexity index is 867. The molecule has 1 fully saturated rings. The Morgan fingerprint density at radius 1 is 0.967 bits per heavy atom. The zero-order valence-electron chi connectivity index (χ0n) is 16.8. The maximum atomic E-state index is 12.4. The molecule has 0 spiro atoms. The summed E-state index contributed by atoms with van der Waals surface area (Å²) >= 11 is 0. The van der Waals surface area contributed by atoms with Gasteiger partial charge in [0.25, 0.3) is 0 Å². The van der Waals surface area contributed by atoms with Crippen LogP contribution in [0.4, 0.5) is 0 Å². The molecule has 30 heavy (non-hydrogen) atoms. The molecule has 0 saturated carbocycles. The first-order valence-corrected chi connectivity index (χ1v) is 9.94. The molecule has 2 aromatic rings. The van der Waals surface area contributed by atoms with Crippen LogP contribution in [0.25, 0.3) is 16.7 Å². The Kier molecular flexibility index (Phi) is 7.36. The molecule has 0 aromatic heterocycles. The van der Waals surface area contributed by atoms with E-state index >= 15 is 0 Å². The van der Waals surface area contributed by atoms with Gasteiger partial charge in [-0.15, -0.1) is 0 Å². The lowest BCUT2D eigenvalue weighted by Crippen LogP contribution is -2.69. The Morgan fingerprint density at radius 3 is 2.23 bits per heavy atom. The average Bonchev–Trinajstić information content (AvgIpc) is 2.78. The Labute approximate surface area is 175 Å². The molecule has 1 aliphatic rings. The van der Waals surface area contributed by atoms with E-state index in [2.05, 4.69) is 22.8 Å². The van der Waals surface area contributed by atoms with Crippen LogP contribution in [0.1, 0.15) is 12.5 Å². The van der Waals surface area contributed by atoms with Crippen molar-refractivity contribution in [3.8, 4) is 11.1 Å². The Morgan fingerprint density at radius 2 is 1.60 bits per heavy atom. The van der Waals surface area contributed by atoms with Crippen molar-refractivity contribution in [2.75, 3.05) is 13.2 Å². The minimum atomic E-state index is -1.51. The van der Waals surface area contributed by atoms with Gasteiger partial charge in [0.05, 0.1) is 12.6 Å². The number of aliphatic hydroxyl groups is 4. The molecular weight excluding hydrogens is 384 g/mol. The lowest BCUT2D eigenvalue weighted by atomic mass is 9.90. The molecule has 7 heteroatoms. The van der Waals surface area contributed by atoms with Crippen LogP contribution in [0, 0.1) is 0 Å². The van der Waals surface area contributed by atoms with Crippen LogP contribution in [0.2, 0.25) is 0 Å². The van der Waals surface area contributed by atoms with Gasteiger partial charge in [-0.1, -0.05) is 60.7 Å². The molecule has 1 aliphatic heterocycles. The van der Waals surface area contributed by atoms with E-state index in [0.29, 0.717) is 0 Å². The topological polar surface area (TPSA) is 122 Å². The van der Waals surface area contributed by atoms with Crippen LogP contribution in [-0.2, 0) is 4.79 Å². The summed E-state index contributed by atoms with van der Waals surface area (Å²) in [6, 6.07) is 16.2. The van der Waals surface area contributed by atoms with Crippen molar-refractivity contribution in [3.05, 3.63) is 66.2 Å². The second-order valence-electron chi connectivity index (χ2n) is 7.48. The summed E-state index contributed by atoms with van der Waals surface area (Å²) in [5.74, 6) is -0.518. The highest BCUT2D eigenvalue weighted by Crippen LogP contribution is 2.22. The summed E-state index contributed by atoms with van der Waals surface area (Å²) in [6.07, 6.45) is -2.48. The second kappa shape index (κ2) is 9.97. The molecule has 1 amide bonds. The van der Waals surface area contributed by atoms with Crippen molar-refractivity contribution in [3.63, 3.8) is 0 Å². The highest BCUT2D eigenvalue weighted by atomic mass is 16.4. The van der Waals surface area contributed by atoms with Crippen molar-refractivity contribution in [1.82, 2.24) is 10.6 Å². The smallest absolute Gasteiger partial charge is 0.240 e. The average molecular weight is 412 g/mol. The molecule has 1 saturated heterocycles. The normalized spacial score (nSPS) is 27.0. The molecule has 6 N–H and O–H groups in total. The van der Waals surface area contributed by atoms with E-state index in [9.17, 15) is 25.2 Å². The van der Waals surface area contributed by atoms with E-state index in [4.69, 9.17) is 0 Å². The number of carbonyl (C=O) groups excluding carboxylic acids is 1. The Balaban J connectivity index is 1.58. The molecule has 0 unspecified atom stereocenters. The molecule has 1 heterocycles. The zero-order chi connectivity index (χ0) is 21.7. The van der Waals surface area contributed by atoms with Gasteiger partial charge in [0, 0.05) is 6.54 Å². The van der Waals surface area contributed by atoms with E-state index in [1.165, 1.54) is 0 Å². The fraction of sp³-hybridized carbons (Fsp3) is 0.348. The number of piperidine rings is 1. The van der Waals surface area contributed by atoms with Crippen LogP contribution in [0.15, 0.2) is 60.7 Å². The second-order valence-corrected chi connectivity index (χ2v) is 7.48. The van der Waals surface area contributed by atoms with Gasteiger partial charge in [-0.25, -0.2) is 0 Å². The fourth-order valence-corrected chi connectivity index (χ4v) is 3.55. The van der Waals surface area contributed by atoms with Gasteiger partial charge >= 0.3 is 0 Å². The molecule has 160 valence electrons. The van der Waals surface area contributed by atoms with Gasteiger partial charge < -0.3 is 25.7 Å². The number of benzene rings is 2. The zero-order valence-corrected chi connectivity index (χ0v) is 16.8. The SMILES string of the molecule is C/C(=C\CNC(=O)[C@H]1N[C@H](CO)[C@@H](O)[C@H](O)[C@@H]1O)c1ccc(-c2ccccc2)cc1. The minimum Gasteiger partial charge on any atom is -0.395 e. The van der Waals surface area contributed by atoms with Gasteiger partial charge in [-0.3, -0.25) is 10.1 Å². The van der Waals surface area contributed by atoms with Crippen LogP contribution in [-0.4, -0.2) is 69.9 Å². The largest absolute Gasteiger partial charge is 0.395 e.